The molecule has 3 rings (SSSR count). The molecule has 0 saturated carbocycles. The summed E-state index contributed by atoms with van der Waals surface area (Å²) in [6.45, 7) is 7.18. The lowest BCUT2D eigenvalue weighted by Gasteiger charge is -2.36. The highest BCUT2D eigenvalue weighted by Crippen LogP contribution is 2.20. The van der Waals surface area contributed by atoms with Crippen LogP contribution < -0.4 is 0 Å². The highest BCUT2D eigenvalue weighted by atomic mass is 15.3. The first-order valence-electron chi connectivity index (χ1n) is 7.89. The fourth-order valence-corrected chi connectivity index (χ4v) is 3.27. The van der Waals surface area contributed by atoms with Crippen LogP contribution in [0.2, 0.25) is 0 Å². The van der Waals surface area contributed by atoms with Gasteiger partial charge in [-0.25, -0.2) is 0 Å². The van der Waals surface area contributed by atoms with E-state index in [2.05, 4.69) is 33.0 Å². The average Bonchev–Trinajstić information content (AvgIpc) is 2.51. The molecule has 0 bridgehead atoms. The first-order chi connectivity index (χ1) is 9.90. The van der Waals surface area contributed by atoms with E-state index in [9.17, 15) is 0 Å². The fourth-order valence-electron chi connectivity index (χ4n) is 3.27. The maximum absolute atomic E-state index is 4.20. The van der Waals surface area contributed by atoms with E-state index in [4.69, 9.17) is 0 Å². The minimum absolute atomic E-state index is 0.893. The van der Waals surface area contributed by atoms with Crippen molar-refractivity contribution >= 4 is 0 Å². The van der Waals surface area contributed by atoms with E-state index in [0.717, 1.165) is 12.5 Å². The molecule has 108 valence electrons. The second-order valence-corrected chi connectivity index (χ2v) is 6.09. The smallest absolute Gasteiger partial charge is 0.0312 e. The van der Waals surface area contributed by atoms with Gasteiger partial charge >= 0.3 is 0 Å². The zero-order chi connectivity index (χ0) is 13.6. The van der Waals surface area contributed by atoms with E-state index in [1.54, 1.807) is 0 Å². The molecule has 1 saturated heterocycles. The summed E-state index contributed by atoms with van der Waals surface area (Å²) in [6, 6.07) is 4.20. The van der Waals surface area contributed by atoms with Crippen molar-refractivity contribution in [2.45, 2.75) is 25.8 Å². The number of piperazine rings is 1. The topological polar surface area (TPSA) is 19.4 Å². The van der Waals surface area contributed by atoms with Crippen molar-refractivity contribution in [1.29, 1.82) is 0 Å². The van der Waals surface area contributed by atoms with Crippen molar-refractivity contribution in [3.63, 3.8) is 0 Å². The number of rotatable bonds is 4. The average molecular weight is 271 g/mol. The van der Waals surface area contributed by atoms with Gasteiger partial charge in [0.2, 0.25) is 0 Å². The summed E-state index contributed by atoms with van der Waals surface area (Å²) in [5.74, 6) is 0.893. The molecule has 20 heavy (non-hydrogen) atoms. The van der Waals surface area contributed by atoms with E-state index in [1.807, 2.05) is 18.5 Å². The summed E-state index contributed by atoms with van der Waals surface area (Å²) < 4.78 is 0. The molecular weight excluding hydrogens is 246 g/mol. The molecule has 1 aromatic rings. The van der Waals surface area contributed by atoms with Crippen molar-refractivity contribution in [1.82, 2.24) is 14.8 Å². The van der Waals surface area contributed by atoms with Crippen LogP contribution in [0.4, 0.5) is 0 Å². The molecule has 1 atom stereocenters. The minimum Gasteiger partial charge on any atom is -0.301 e. The molecule has 0 amide bonds. The Morgan fingerprint density at radius 1 is 1.10 bits per heavy atom. The van der Waals surface area contributed by atoms with Crippen LogP contribution in [-0.2, 0) is 6.54 Å². The summed E-state index contributed by atoms with van der Waals surface area (Å²) in [5, 5.41) is 0. The molecule has 1 fully saturated rings. The van der Waals surface area contributed by atoms with E-state index < -0.39 is 0 Å². The van der Waals surface area contributed by atoms with Crippen molar-refractivity contribution in [3.05, 3.63) is 42.2 Å². The summed E-state index contributed by atoms with van der Waals surface area (Å²) >= 11 is 0. The van der Waals surface area contributed by atoms with Gasteiger partial charge < -0.3 is 4.90 Å². The molecule has 3 heteroatoms. The zero-order valence-electron chi connectivity index (χ0n) is 12.2. The maximum atomic E-state index is 4.20. The SMILES string of the molecule is C1=CC[C@H](CN2CCN(Cc3cccnc3)CC2)CC1. The van der Waals surface area contributed by atoms with Crippen molar-refractivity contribution in [3.8, 4) is 0 Å². The Morgan fingerprint density at radius 2 is 1.95 bits per heavy atom. The highest BCUT2D eigenvalue weighted by Gasteiger charge is 2.20. The van der Waals surface area contributed by atoms with Crippen LogP contribution in [0.25, 0.3) is 0 Å². The first-order valence-corrected chi connectivity index (χ1v) is 7.89. The predicted octanol–water partition coefficient (Wildman–Crippen LogP) is 2.56. The molecule has 1 aliphatic carbocycles. The Bertz CT molecular complexity index is 421. The molecular formula is C17H25N3. The monoisotopic (exact) mass is 271 g/mol. The van der Waals surface area contributed by atoms with E-state index in [1.165, 1.54) is 57.5 Å². The van der Waals surface area contributed by atoms with E-state index in [-0.39, 0.29) is 0 Å². The molecule has 3 nitrogen and oxygen atoms in total. The standard InChI is InChI=1S/C17H25N3/c1-2-5-16(6-3-1)14-19-9-11-20(12-10-19)15-17-7-4-8-18-13-17/h1-2,4,7-8,13,16H,3,5-6,9-12,14-15H2/t16-/m0/s1. The quantitative estimate of drug-likeness (QED) is 0.785. The van der Waals surface area contributed by atoms with Crippen LogP contribution in [0, 0.1) is 5.92 Å². The van der Waals surface area contributed by atoms with Crippen LogP contribution in [-0.4, -0.2) is 47.5 Å². The van der Waals surface area contributed by atoms with Crippen LogP contribution >= 0.6 is 0 Å². The number of aromatic nitrogens is 1. The normalized spacial score (nSPS) is 24.9. The molecule has 1 aliphatic heterocycles. The minimum atomic E-state index is 0.893. The number of allylic oxidation sites excluding steroid dienone is 2. The van der Waals surface area contributed by atoms with Gasteiger partial charge in [-0.1, -0.05) is 18.2 Å². The third-order valence-corrected chi connectivity index (χ3v) is 4.49. The number of pyridine rings is 1. The van der Waals surface area contributed by atoms with Gasteiger partial charge in [0.15, 0.2) is 0 Å². The first kappa shape index (κ1) is 13.8. The van der Waals surface area contributed by atoms with Gasteiger partial charge in [-0.2, -0.15) is 0 Å². The third-order valence-electron chi connectivity index (χ3n) is 4.49. The van der Waals surface area contributed by atoms with Crippen LogP contribution in [0.15, 0.2) is 36.7 Å². The van der Waals surface area contributed by atoms with Crippen LogP contribution in [0.3, 0.4) is 0 Å². The molecule has 2 heterocycles. The summed E-state index contributed by atoms with van der Waals surface area (Å²) in [5.41, 5.74) is 1.33. The summed E-state index contributed by atoms with van der Waals surface area (Å²) in [6.07, 6.45) is 12.5. The Hall–Kier alpha value is -1.19. The third kappa shape index (κ3) is 3.90. The van der Waals surface area contributed by atoms with Gasteiger partial charge in [0.1, 0.15) is 0 Å². The Kier molecular flexibility index (Phi) is 4.82. The van der Waals surface area contributed by atoms with Gasteiger partial charge in [0.05, 0.1) is 0 Å². The van der Waals surface area contributed by atoms with Gasteiger partial charge in [-0.15, -0.1) is 0 Å². The Morgan fingerprint density at radius 3 is 2.65 bits per heavy atom. The number of hydrogen-bond donors (Lipinski definition) is 0. The zero-order valence-corrected chi connectivity index (χ0v) is 12.2. The van der Waals surface area contributed by atoms with Crippen molar-refractivity contribution in [2.75, 3.05) is 32.7 Å². The second kappa shape index (κ2) is 7.00. The van der Waals surface area contributed by atoms with Gasteiger partial charge in [-0.3, -0.25) is 9.88 Å². The number of nitrogens with zero attached hydrogens (tertiary/aromatic N) is 3. The van der Waals surface area contributed by atoms with E-state index >= 15 is 0 Å². The highest BCUT2D eigenvalue weighted by molar-refractivity contribution is 5.08. The largest absolute Gasteiger partial charge is 0.301 e. The lowest BCUT2D eigenvalue weighted by molar-refractivity contribution is 0.111. The van der Waals surface area contributed by atoms with Crippen LogP contribution in [0.5, 0.6) is 0 Å². The lowest BCUT2D eigenvalue weighted by atomic mass is 9.94. The number of hydrogen-bond acceptors (Lipinski definition) is 3. The maximum Gasteiger partial charge on any atom is 0.0312 e. The lowest BCUT2D eigenvalue weighted by Crippen LogP contribution is -2.47. The van der Waals surface area contributed by atoms with E-state index in [0.29, 0.717) is 0 Å². The van der Waals surface area contributed by atoms with Crippen molar-refractivity contribution in [2.24, 2.45) is 5.92 Å². The molecule has 0 spiro atoms. The van der Waals surface area contributed by atoms with Gasteiger partial charge in [0, 0.05) is 51.7 Å². The fraction of sp³-hybridized carbons (Fsp3) is 0.588. The predicted molar refractivity (Wildman–Crippen MR) is 82.4 cm³/mol. The Balaban J connectivity index is 1.41. The second-order valence-electron chi connectivity index (χ2n) is 6.09. The summed E-state index contributed by atoms with van der Waals surface area (Å²) in [4.78, 5) is 9.41. The molecule has 0 aromatic carbocycles. The molecule has 1 aromatic heterocycles. The summed E-state index contributed by atoms with van der Waals surface area (Å²) in [7, 11) is 0. The van der Waals surface area contributed by atoms with Gasteiger partial charge in [-0.05, 0) is 36.8 Å². The Labute approximate surface area is 122 Å². The van der Waals surface area contributed by atoms with Crippen molar-refractivity contribution < 1.29 is 0 Å². The van der Waals surface area contributed by atoms with Gasteiger partial charge in [0.25, 0.3) is 0 Å². The van der Waals surface area contributed by atoms with Crippen LogP contribution in [0.1, 0.15) is 24.8 Å². The molecule has 0 N–H and O–H groups in total. The molecule has 0 unspecified atom stereocenters. The molecule has 0 radical (unpaired) electrons. The molecule has 2 aliphatic rings.